The zero-order chi connectivity index (χ0) is 8.53. The quantitative estimate of drug-likeness (QED) is 0.531. The van der Waals surface area contributed by atoms with Gasteiger partial charge in [-0.15, -0.1) is 0 Å². The zero-order valence-electron chi connectivity index (χ0n) is 7.80. The molecule has 1 radical (unpaired) electrons. The highest BCUT2D eigenvalue weighted by atomic mass is 16.5. The van der Waals surface area contributed by atoms with E-state index in [0.29, 0.717) is 6.61 Å². The van der Waals surface area contributed by atoms with Crippen LogP contribution in [0.4, 0.5) is 0 Å². The highest BCUT2D eigenvalue weighted by Gasteiger charge is 1.99. The second-order valence-corrected chi connectivity index (χ2v) is 2.61. The molecular formula is C9H19O2. The Hall–Kier alpha value is -0.0800. The largest absolute Gasteiger partial charge is 0.379 e. The van der Waals surface area contributed by atoms with Gasteiger partial charge in [-0.2, -0.15) is 0 Å². The predicted octanol–water partition coefficient (Wildman–Crippen LogP) is 2.39. The summed E-state index contributed by atoms with van der Waals surface area (Å²) in [5.41, 5.74) is 0. The van der Waals surface area contributed by atoms with E-state index in [1.54, 1.807) is 6.61 Å². The Morgan fingerprint density at radius 3 is 2.73 bits per heavy atom. The fourth-order valence-electron chi connectivity index (χ4n) is 0.767. The van der Waals surface area contributed by atoms with Gasteiger partial charge in [-0.1, -0.05) is 13.3 Å². The SMILES string of the molecule is C[CH]OC(C)COCCCC. The lowest BCUT2D eigenvalue weighted by Crippen LogP contribution is -2.14. The van der Waals surface area contributed by atoms with Crippen LogP contribution in [0.5, 0.6) is 0 Å². The van der Waals surface area contributed by atoms with Crippen molar-refractivity contribution in [2.24, 2.45) is 0 Å². The second kappa shape index (κ2) is 8.02. The van der Waals surface area contributed by atoms with Gasteiger partial charge in [0.05, 0.1) is 19.3 Å². The Kier molecular flexibility index (Phi) is 7.96. The Labute approximate surface area is 69.9 Å². The third-order valence-electron chi connectivity index (χ3n) is 1.36. The smallest absolute Gasteiger partial charge is 0.0810 e. The molecular weight excluding hydrogens is 140 g/mol. The summed E-state index contributed by atoms with van der Waals surface area (Å²) in [6.45, 7) is 9.30. The normalized spacial score (nSPS) is 13.4. The summed E-state index contributed by atoms with van der Waals surface area (Å²) in [5.74, 6) is 0. The summed E-state index contributed by atoms with van der Waals surface area (Å²) in [6, 6.07) is 0. The van der Waals surface area contributed by atoms with Crippen LogP contribution >= 0.6 is 0 Å². The Morgan fingerprint density at radius 1 is 1.45 bits per heavy atom. The topological polar surface area (TPSA) is 18.5 Å². The third-order valence-corrected chi connectivity index (χ3v) is 1.36. The van der Waals surface area contributed by atoms with Crippen molar-refractivity contribution in [3.8, 4) is 0 Å². The van der Waals surface area contributed by atoms with Gasteiger partial charge in [0.2, 0.25) is 0 Å². The highest BCUT2D eigenvalue weighted by molar-refractivity contribution is 4.49. The van der Waals surface area contributed by atoms with E-state index in [9.17, 15) is 0 Å². The van der Waals surface area contributed by atoms with Crippen molar-refractivity contribution < 1.29 is 9.47 Å². The summed E-state index contributed by atoms with van der Waals surface area (Å²) < 4.78 is 10.5. The van der Waals surface area contributed by atoms with E-state index in [-0.39, 0.29) is 6.10 Å². The molecule has 0 aromatic carbocycles. The summed E-state index contributed by atoms with van der Waals surface area (Å²) in [7, 11) is 0. The van der Waals surface area contributed by atoms with Crippen LogP contribution in [0.1, 0.15) is 33.6 Å². The summed E-state index contributed by atoms with van der Waals surface area (Å²) >= 11 is 0. The van der Waals surface area contributed by atoms with E-state index in [1.165, 1.54) is 6.42 Å². The molecule has 2 heteroatoms. The van der Waals surface area contributed by atoms with Crippen LogP contribution in [-0.4, -0.2) is 19.3 Å². The van der Waals surface area contributed by atoms with Gasteiger partial charge in [0, 0.05) is 6.61 Å². The van der Waals surface area contributed by atoms with Crippen LogP contribution in [0.15, 0.2) is 0 Å². The molecule has 0 aliphatic carbocycles. The molecule has 67 valence electrons. The van der Waals surface area contributed by atoms with Gasteiger partial charge >= 0.3 is 0 Å². The molecule has 0 bridgehead atoms. The maximum absolute atomic E-state index is 5.34. The van der Waals surface area contributed by atoms with Crippen LogP contribution in [0.2, 0.25) is 0 Å². The number of hydrogen-bond acceptors (Lipinski definition) is 2. The fourth-order valence-corrected chi connectivity index (χ4v) is 0.767. The number of unbranched alkanes of at least 4 members (excludes halogenated alkanes) is 1. The molecule has 0 aliphatic heterocycles. The average molecular weight is 159 g/mol. The van der Waals surface area contributed by atoms with Crippen LogP contribution in [0.3, 0.4) is 0 Å². The number of rotatable bonds is 7. The second-order valence-electron chi connectivity index (χ2n) is 2.61. The lowest BCUT2D eigenvalue weighted by atomic mass is 10.3. The van der Waals surface area contributed by atoms with E-state index in [2.05, 4.69) is 6.92 Å². The highest BCUT2D eigenvalue weighted by Crippen LogP contribution is 1.95. The minimum absolute atomic E-state index is 0.192. The third kappa shape index (κ3) is 7.82. The number of ether oxygens (including phenoxy) is 2. The molecule has 1 atom stereocenters. The van der Waals surface area contributed by atoms with Gasteiger partial charge < -0.3 is 9.47 Å². The van der Waals surface area contributed by atoms with Crippen LogP contribution < -0.4 is 0 Å². The van der Waals surface area contributed by atoms with Gasteiger partial charge in [-0.3, -0.25) is 0 Å². The summed E-state index contributed by atoms with van der Waals surface area (Å²) in [4.78, 5) is 0. The average Bonchev–Trinajstić information content (AvgIpc) is 1.99. The molecule has 0 rings (SSSR count). The standard InChI is InChI=1S/C9H19O2/c1-4-6-7-10-8-9(3)11-5-2/h5,9H,4,6-8H2,1-3H3. The first-order chi connectivity index (χ1) is 5.31. The van der Waals surface area contributed by atoms with Crippen molar-refractivity contribution in [1.82, 2.24) is 0 Å². The first-order valence-electron chi connectivity index (χ1n) is 4.32. The van der Waals surface area contributed by atoms with Crippen LogP contribution in [0.25, 0.3) is 0 Å². The lowest BCUT2D eigenvalue weighted by Gasteiger charge is -2.10. The van der Waals surface area contributed by atoms with Crippen LogP contribution in [-0.2, 0) is 9.47 Å². The van der Waals surface area contributed by atoms with Gasteiger partial charge in [-0.05, 0) is 20.3 Å². The zero-order valence-corrected chi connectivity index (χ0v) is 7.80. The van der Waals surface area contributed by atoms with Crippen molar-refractivity contribution in [1.29, 1.82) is 0 Å². The van der Waals surface area contributed by atoms with E-state index in [4.69, 9.17) is 9.47 Å². The minimum atomic E-state index is 0.192. The fraction of sp³-hybridized carbons (Fsp3) is 0.889. The molecule has 0 aromatic heterocycles. The minimum Gasteiger partial charge on any atom is -0.379 e. The maximum atomic E-state index is 5.34. The predicted molar refractivity (Wildman–Crippen MR) is 46.2 cm³/mol. The first-order valence-corrected chi connectivity index (χ1v) is 4.32. The molecule has 0 saturated carbocycles. The molecule has 0 amide bonds. The van der Waals surface area contributed by atoms with Gasteiger partial charge in [0.1, 0.15) is 0 Å². The maximum Gasteiger partial charge on any atom is 0.0810 e. The Balaban J connectivity index is 2.97. The van der Waals surface area contributed by atoms with Gasteiger partial charge in [0.25, 0.3) is 0 Å². The van der Waals surface area contributed by atoms with E-state index in [1.807, 2.05) is 13.8 Å². The molecule has 0 N–H and O–H groups in total. The molecule has 11 heavy (non-hydrogen) atoms. The molecule has 0 saturated heterocycles. The van der Waals surface area contributed by atoms with Crippen molar-refractivity contribution in [2.45, 2.75) is 39.7 Å². The summed E-state index contributed by atoms with van der Waals surface area (Å²) in [6.07, 6.45) is 2.52. The molecule has 1 unspecified atom stereocenters. The Morgan fingerprint density at radius 2 is 2.18 bits per heavy atom. The number of hydrogen-bond donors (Lipinski definition) is 0. The van der Waals surface area contributed by atoms with Crippen LogP contribution in [0, 0.1) is 6.61 Å². The Bertz CT molecular complexity index is 74.0. The van der Waals surface area contributed by atoms with E-state index >= 15 is 0 Å². The molecule has 2 nitrogen and oxygen atoms in total. The monoisotopic (exact) mass is 159 g/mol. The molecule has 0 fully saturated rings. The molecule has 0 aliphatic rings. The van der Waals surface area contributed by atoms with Crippen molar-refractivity contribution in [2.75, 3.05) is 13.2 Å². The first kappa shape index (κ1) is 10.9. The summed E-state index contributed by atoms with van der Waals surface area (Å²) in [5, 5.41) is 0. The molecule has 0 heterocycles. The van der Waals surface area contributed by atoms with Crippen molar-refractivity contribution >= 4 is 0 Å². The van der Waals surface area contributed by atoms with Crippen molar-refractivity contribution in [3.63, 3.8) is 0 Å². The van der Waals surface area contributed by atoms with Gasteiger partial charge in [0.15, 0.2) is 0 Å². The van der Waals surface area contributed by atoms with Gasteiger partial charge in [-0.25, -0.2) is 0 Å². The lowest BCUT2D eigenvalue weighted by molar-refractivity contribution is 0.0211. The molecule has 0 aromatic rings. The van der Waals surface area contributed by atoms with E-state index < -0.39 is 0 Å². The van der Waals surface area contributed by atoms with E-state index in [0.717, 1.165) is 13.0 Å². The van der Waals surface area contributed by atoms with Crippen molar-refractivity contribution in [3.05, 3.63) is 6.61 Å². The molecule has 0 spiro atoms.